The zero-order valence-electron chi connectivity index (χ0n) is 10.2. The Morgan fingerprint density at radius 3 is 2.82 bits per heavy atom. The van der Waals surface area contributed by atoms with Crippen molar-refractivity contribution in [2.24, 2.45) is 0 Å². The van der Waals surface area contributed by atoms with Gasteiger partial charge in [-0.2, -0.15) is 0 Å². The topological polar surface area (TPSA) is 54.0 Å². The molecule has 0 saturated heterocycles. The van der Waals surface area contributed by atoms with Crippen LogP contribution in [-0.2, 0) is 6.54 Å². The first-order valence-corrected chi connectivity index (χ1v) is 6.20. The molecule has 0 bridgehead atoms. The maximum Gasteiger partial charge on any atom is 0.315 e. The molecule has 1 fully saturated rings. The van der Waals surface area contributed by atoms with Gasteiger partial charge in [-0.25, -0.2) is 4.79 Å². The standard InChI is InChI=1S/C13H19N3O/c1-10-6-7-11(8-14-10)9-15-13(17)16-12-4-2-3-5-12/h6-8,12H,2-5,9H2,1H3,(H2,15,16,17). The van der Waals surface area contributed by atoms with E-state index in [-0.39, 0.29) is 6.03 Å². The average molecular weight is 233 g/mol. The molecule has 0 unspecified atom stereocenters. The number of rotatable bonds is 3. The fraction of sp³-hybridized carbons (Fsp3) is 0.538. The van der Waals surface area contributed by atoms with Gasteiger partial charge < -0.3 is 10.6 Å². The minimum atomic E-state index is -0.0718. The van der Waals surface area contributed by atoms with Crippen LogP contribution in [0.15, 0.2) is 18.3 Å². The van der Waals surface area contributed by atoms with Crippen molar-refractivity contribution in [3.05, 3.63) is 29.6 Å². The van der Waals surface area contributed by atoms with E-state index >= 15 is 0 Å². The van der Waals surface area contributed by atoms with Gasteiger partial charge in [0.2, 0.25) is 0 Å². The molecule has 1 aromatic heterocycles. The average Bonchev–Trinajstić information content (AvgIpc) is 2.81. The highest BCUT2D eigenvalue weighted by Gasteiger charge is 2.16. The number of hydrogen-bond acceptors (Lipinski definition) is 2. The largest absolute Gasteiger partial charge is 0.335 e. The number of pyridine rings is 1. The second kappa shape index (κ2) is 5.66. The van der Waals surface area contributed by atoms with Gasteiger partial charge in [0, 0.05) is 24.5 Å². The molecule has 1 heterocycles. The van der Waals surface area contributed by atoms with Crippen LogP contribution in [0.4, 0.5) is 4.79 Å². The smallest absolute Gasteiger partial charge is 0.315 e. The lowest BCUT2D eigenvalue weighted by Gasteiger charge is -2.12. The van der Waals surface area contributed by atoms with Gasteiger partial charge in [-0.3, -0.25) is 4.98 Å². The number of aromatic nitrogens is 1. The Hall–Kier alpha value is -1.58. The summed E-state index contributed by atoms with van der Waals surface area (Å²) in [5, 5.41) is 5.85. The summed E-state index contributed by atoms with van der Waals surface area (Å²) in [7, 11) is 0. The summed E-state index contributed by atoms with van der Waals surface area (Å²) in [6, 6.07) is 4.23. The number of aryl methyl sites for hydroxylation is 1. The SMILES string of the molecule is Cc1ccc(CNC(=O)NC2CCCC2)cn1. The van der Waals surface area contributed by atoms with E-state index in [1.807, 2.05) is 19.1 Å². The van der Waals surface area contributed by atoms with Crippen LogP contribution in [0.1, 0.15) is 36.9 Å². The van der Waals surface area contributed by atoms with E-state index in [9.17, 15) is 4.79 Å². The van der Waals surface area contributed by atoms with E-state index in [4.69, 9.17) is 0 Å². The van der Waals surface area contributed by atoms with Gasteiger partial charge in [0.05, 0.1) is 0 Å². The maximum absolute atomic E-state index is 11.6. The first kappa shape index (κ1) is 11.9. The summed E-state index contributed by atoms with van der Waals surface area (Å²) in [6.07, 6.45) is 6.48. The van der Waals surface area contributed by atoms with Gasteiger partial charge in [0.1, 0.15) is 0 Å². The predicted octanol–water partition coefficient (Wildman–Crippen LogP) is 2.13. The fourth-order valence-electron chi connectivity index (χ4n) is 2.09. The summed E-state index contributed by atoms with van der Waals surface area (Å²) in [4.78, 5) is 15.8. The first-order chi connectivity index (χ1) is 8.24. The van der Waals surface area contributed by atoms with Crippen molar-refractivity contribution in [2.75, 3.05) is 0 Å². The number of nitrogens with one attached hydrogen (secondary N) is 2. The Morgan fingerprint density at radius 1 is 1.41 bits per heavy atom. The lowest BCUT2D eigenvalue weighted by atomic mass is 10.2. The molecular weight excluding hydrogens is 214 g/mol. The van der Waals surface area contributed by atoms with Crippen LogP contribution in [0.5, 0.6) is 0 Å². The number of carbonyl (C=O) groups excluding carboxylic acids is 1. The van der Waals surface area contributed by atoms with Crippen molar-refractivity contribution in [1.82, 2.24) is 15.6 Å². The minimum Gasteiger partial charge on any atom is -0.335 e. The summed E-state index contributed by atoms with van der Waals surface area (Å²) < 4.78 is 0. The Balaban J connectivity index is 1.73. The summed E-state index contributed by atoms with van der Waals surface area (Å²) in [6.45, 7) is 2.48. The second-order valence-corrected chi connectivity index (χ2v) is 4.62. The van der Waals surface area contributed by atoms with Crippen LogP contribution >= 0.6 is 0 Å². The molecule has 2 N–H and O–H groups in total. The second-order valence-electron chi connectivity index (χ2n) is 4.62. The van der Waals surface area contributed by atoms with E-state index in [1.54, 1.807) is 6.20 Å². The lowest BCUT2D eigenvalue weighted by Crippen LogP contribution is -2.40. The third kappa shape index (κ3) is 3.73. The molecule has 4 heteroatoms. The van der Waals surface area contributed by atoms with Crippen molar-refractivity contribution in [3.8, 4) is 0 Å². The Labute approximate surface area is 102 Å². The van der Waals surface area contributed by atoms with Gasteiger partial charge in [0.15, 0.2) is 0 Å². The van der Waals surface area contributed by atoms with Crippen LogP contribution in [-0.4, -0.2) is 17.1 Å². The predicted molar refractivity (Wildman–Crippen MR) is 66.6 cm³/mol. The summed E-state index contributed by atoms with van der Waals surface area (Å²) in [5.74, 6) is 0. The third-order valence-corrected chi connectivity index (χ3v) is 3.12. The molecule has 0 atom stereocenters. The highest BCUT2D eigenvalue weighted by atomic mass is 16.2. The van der Waals surface area contributed by atoms with Gasteiger partial charge >= 0.3 is 6.03 Å². The van der Waals surface area contributed by atoms with Gasteiger partial charge in [0.25, 0.3) is 0 Å². The van der Waals surface area contributed by atoms with Crippen LogP contribution in [0.2, 0.25) is 0 Å². The molecule has 2 rings (SSSR count). The molecule has 1 aliphatic carbocycles. The molecule has 0 spiro atoms. The van der Waals surface area contributed by atoms with Crippen molar-refractivity contribution in [3.63, 3.8) is 0 Å². The molecule has 0 radical (unpaired) electrons. The fourth-order valence-corrected chi connectivity index (χ4v) is 2.09. The first-order valence-electron chi connectivity index (χ1n) is 6.20. The van der Waals surface area contributed by atoms with E-state index < -0.39 is 0 Å². The monoisotopic (exact) mass is 233 g/mol. The highest BCUT2D eigenvalue weighted by molar-refractivity contribution is 5.74. The molecule has 1 saturated carbocycles. The van der Waals surface area contributed by atoms with Crippen LogP contribution in [0.25, 0.3) is 0 Å². The molecule has 4 nitrogen and oxygen atoms in total. The number of urea groups is 1. The van der Waals surface area contributed by atoms with E-state index in [2.05, 4.69) is 15.6 Å². The molecule has 17 heavy (non-hydrogen) atoms. The molecule has 1 aromatic rings. The lowest BCUT2D eigenvalue weighted by molar-refractivity contribution is 0.236. The molecule has 2 amide bonds. The van der Waals surface area contributed by atoms with Crippen molar-refractivity contribution in [1.29, 1.82) is 0 Å². The molecule has 92 valence electrons. The Kier molecular flexibility index (Phi) is 3.96. The molecule has 1 aliphatic rings. The summed E-state index contributed by atoms with van der Waals surface area (Å²) in [5.41, 5.74) is 2.02. The molecular formula is C13H19N3O. The third-order valence-electron chi connectivity index (χ3n) is 3.12. The minimum absolute atomic E-state index is 0.0718. The van der Waals surface area contributed by atoms with Gasteiger partial charge in [-0.05, 0) is 31.4 Å². The van der Waals surface area contributed by atoms with Gasteiger partial charge in [-0.15, -0.1) is 0 Å². The van der Waals surface area contributed by atoms with Crippen LogP contribution < -0.4 is 10.6 Å². The number of carbonyl (C=O) groups is 1. The van der Waals surface area contributed by atoms with Gasteiger partial charge in [-0.1, -0.05) is 18.9 Å². The number of amides is 2. The van der Waals surface area contributed by atoms with E-state index in [0.29, 0.717) is 12.6 Å². The van der Waals surface area contributed by atoms with Crippen molar-refractivity contribution >= 4 is 6.03 Å². The normalized spacial score (nSPS) is 15.8. The van der Waals surface area contributed by atoms with Crippen LogP contribution in [0, 0.1) is 6.92 Å². The van der Waals surface area contributed by atoms with Crippen LogP contribution in [0.3, 0.4) is 0 Å². The zero-order chi connectivity index (χ0) is 12.1. The molecule has 0 aromatic carbocycles. The quantitative estimate of drug-likeness (QED) is 0.840. The zero-order valence-corrected chi connectivity index (χ0v) is 10.2. The van der Waals surface area contributed by atoms with Crippen molar-refractivity contribution in [2.45, 2.75) is 45.2 Å². The number of nitrogens with zero attached hydrogens (tertiary/aromatic N) is 1. The Bertz CT molecular complexity index is 369. The maximum atomic E-state index is 11.6. The Morgan fingerprint density at radius 2 is 2.18 bits per heavy atom. The van der Waals surface area contributed by atoms with Crippen molar-refractivity contribution < 1.29 is 4.79 Å². The van der Waals surface area contributed by atoms with E-state index in [1.165, 1.54) is 12.8 Å². The number of hydrogen-bond donors (Lipinski definition) is 2. The summed E-state index contributed by atoms with van der Waals surface area (Å²) >= 11 is 0. The highest BCUT2D eigenvalue weighted by Crippen LogP contribution is 2.17. The molecule has 0 aliphatic heterocycles. The van der Waals surface area contributed by atoms with E-state index in [0.717, 1.165) is 24.1 Å².